The Bertz CT molecular complexity index is 821. The number of nitrogens with zero attached hydrogens (tertiary/aromatic N) is 1. The third-order valence-electron chi connectivity index (χ3n) is 4.67. The Morgan fingerprint density at radius 1 is 1.07 bits per heavy atom. The summed E-state index contributed by atoms with van der Waals surface area (Å²) in [6.45, 7) is 3.53. The number of primary amides is 1. The number of nitrogens with two attached hydrogens (primary N) is 1. The number of amides is 2. The first-order valence-corrected chi connectivity index (χ1v) is 9.54. The van der Waals surface area contributed by atoms with Gasteiger partial charge in [0.25, 0.3) is 0 Å². The Labute approximate surface area is 169 Å². The van der Waals surface area contributed by atoms with Gasteiger partial charge in [-0.25, -0.2) is 4.39 Å². The van der Waals surface area contributed by atoms with E-state index in [4.69, 9.17) is 10.5 Å². The third kappa shape index (κ3) is 6.55. The highest BCUT2D eigenvalue weighted by Gasteiger charge is 2.21. The van der Waals surface area contributed by atoms with Gasteiger partial charge < -0.3 is 21.1 Å². The van der Waals surface area contributed by atoms with E-state index in [1.165, 1.54) is 12.1 Å². The average molecular weight is 400 g/mol. The summed E-state index contributed by atoms with van der Waals surface area (Å²) in [7, 11) is 0. The summed E-state index contributed by atoms with van der Waals surface area (Å²) in [4.78, 5) is 26.1. The molecule has 1 saturated heterocycles. The van der Waals surface area contributed by atoms with E-state index in [9.17, 15) is 14.0 Å². The number of rotatable bonds is 8. The Kier molecular flexibility index (Phi) is 7.15. The minimum atomic E-state index is -0.783. The van der Waals surface area contributed by atoms with Crippen LogP contribution in [0.15, 0.2) is 48.5 Å². The Morgan fingerprint density at radius 3 is 2.24 bits per heavy atom. The second-order valence-corrected chi connectivity index (χ2v) is 6.95. The fraction of sp³-hybridized carbons (Fsp3) is 0.333. The zero-order valence-electron chi connectivity index (χ0n) is 16.1. The molecule has 2 aromatic rings. The van der Waals surface area contributed by atoms with Crippen LogP contribution in [0.5, 0.6) is 11.5 Å². The van der Waals surface area contributed by atoms with Crippen molar-refractivity contribution in [2.45, 2.75) is 12.5 Å². The average Bonchev–Trinajstić information content (AvgIpc) is 2.71. The smallest absolute Gasteiger partial charge is 0.240 e. The quantitative estimate of drug-likeness (QED) is 0.615. The maximum atomic E-state index is 13.0. The molecule has 0 radical (unpaired) electrons. The highest BCUT2D eigenvalue weighted by Crippen LogP contribution is 2.22. The molecule has 1 aliphatic heterocycles. The first kappa shape index (κ1) is 20.8. The van der Waals surface area contributed by atoms with E-state index < -0.39 is 11.9 Å². The Hall–Kier alpha value is -2.97. The normalized spacial score (nSPS) is 15.5. The number of hydrogen-bond donors (Lipinski definition) is 3. The largest absolute Gasteiger partial charge is 0.457 e. The predicted octanol–water partition coefficient (Wildman–Crippen LogP) is 1.04. The van der Waals surface area contributed by atoms with Gasteiger partial charge in [-0.1, -0.05) is 12.1 Å². The number of hydrogen-bond acceptors (Lipinski definition) is 5. The molecule has 1 unspecified atom stereocenters. The number of nitrogens with one attached hydrogen (secondary N) is 2. The van der Waals surface area contributed by atoms with Crippen LogP contribution in [0.25, 0.3) is 0 Å². The van der Waals surface area contributed by atoms with Crippen molar-refractivity contribution in [2.24, 2.45) is 5.73 Å². The van der Waals surface area contributed by atoms with Crippen molar-refractivity contribution >= 4 is 11.8 Å². The van der Waals surface area contributed by atoms with Crippen LogP contribution in [0.3, 0.4) is 0 Å². The molecule has 0 aliphatic carbocycles. The van der Waals surface area contributed by atoms with Crippen LogP contribution in [0.4, 0.5) is 4.39 Å². The summed E-state index contributed by atoms with van der Waals surface area (Å²) in [6.07, 6.45) is 0.291. The topological polar surface area (TPSA) is 96.7 Å². The van der Waals surface area contributed by atoms with Crippen molar-refractivity contribution in [2.75, 3.05) is 32.7 Å². The molecule has 154 valence electrons. The maximum Gasteiger partial charge on any atom is 0.240 e. The molecule has 1 atom stereocenters. The maximum absolute atomic E-state index is 13.0. The van der Waals surface area contributed by atoms with Crippen LogP contribution in [0.2, 0.25) is 0 Å². The second kappa shape index (κ2) is 9.99. The van der Waals surface area contributed by atoms with Crippen molar-refractivity contribution in [3.05, 3.63) is 59.9 Å². The van der Waals surface area contributed by atoms with E-state index in [0.717, 1.165) is 31.7 Å². The highest BCUT2D eigenvalue weighted by atomic mass is 19.1. The van der Waals surface area contributed by atoms with Crippen molar-refractivity contribution < 1.29 is 18.7 Å². The molecule has 0 spiro atoms. The van der Waals surface area contributed by atoms with Crippen LogP contribution >= 0.6 is 0 Å². The van der Waals surface area contributed by atoms with Crippen LogP contribution in [-0.4, -0.2) is 55.5 Å². The number of carbonyl (C=O) groups is 2. The highest BCUT2D eigenvalue weighted by molar-refractivity contribution is 5.87. The molecule has 1 heterocycles. The monoisotopic (exact) mass is 400 g/mol. The van der Waals surface area contributed by atoms with Crippen LogP contribution in [-0.2, 0) is 16.0 Å². The molecule has 7 nitrogen and oxygen atoms in total. The van der Waals surface area contributed by atoms with E-state index in [0.29, 0.717) is 17.9 Å². The van der Waals surface area contributed by atoms with E-state index in [-0.39, 0.29) is 18.3 Å². The van der Waals surface area contributed by atoms with Crippen LogP contribution in [0, 0.1) is 5.82 Å². The summed E-state index contributed by atoms with van der Waals surface area (Å²) < 4.78 is 18.6. The lowest BCUT2D eigenvalue weighted by Gasteiger charge is -2.27. The summed E-state index contributed by atoms with van der Waals surface area (Å²) in [5.74, 6) is -0.0190. The van der Waals surface area contributed by atoms with Crippen LogP contribution < -0.4 is 21.1 Å². The fourth-order valence-electron chi connectivity index (χ4n) is 3.10. The molecular formula is C21H25FN4O3. The summed E-state index contributed by atoms with van der Waals surface area (Å²) >= 11 is 0. The number of benzene rings is 2. The molecule has 2 aromatic carbocycles. The lowest BCUT2D eigenvalue weighted by molar-refractivity contribution is -0.128. The minimum absolute atomic E-state index is 0.216. The fourth-order valence-corrected chi connectivity index (χ4v) is 3.10. The minimum Gasteiger partial charge on any atom is -0.457 e. The number of ether oxygens (including phenoxy) is 1. The SMILES string of the molecule is NC(=O)C(Cc1ccc(Oc2ccc(F)cc2)cc1)NC(=O)CN1CCNCC1. The number of carbonyl (C=O) groups excluding carboxylic acids is 2. The van der Waals surface area contributed by atoms with Gasteiger partial charge in [0, 0.05) is 32.6 Å². The molecule has 3 rings (SSSR count). The molecule has 8 heteroatoms. The van der Waals surface area contributed by atoms with Crippen molar-refractivity contribution in [3.8, 4) is 11.5 Å². The Balaban J connectivity index is 1.54. The zero-order valence-corrected chi connectivity index (χ0v) is 16.1. The summed E-state index contributed by atoms with van der Waals surface area (Å²) in [6, 6.07) is 12.1. The summed E-state index contributed by atoms with van der Waals surface area (Å²) in [5, 5.41) is 5.96. The number of halogens is 1. The summed E-state index contributed by atoms with van der Waals surface area (Å²) in [5.41, 5.74) is 6.31. The Morgan fingerprint density at radius 2 is 1.66 bits per heavy atom. The molecule has 29 heavy (non-hydrogen) atoms. The van der Waals surface area contributed by atoms with Crippen molar-refractivity contribution in [3.63, 3.8) is 0 Å². The van der Waals surface area contributed by atoms with Gasteiger partial charge in [-0.15, -0.1) is 0 Å². The molecule has 1 fully saturated rings. The lowest BCUT2D eigenvalue weighted by atomic mass is 10.1. The molecule has 1 aliphatic rings. The number of piperazine rings is 1. The molecule has 4 N–H and O–H groups in total. The van der Waals surface area contributed by atoms with Crippen LogP contribution in [0.1, 0.15) is 5.56 Å². The third-order valence-corrected chi connectivity index (χ3v) is 4.67. The second-order valence-electron chi connectivity index (χ2n) is 6.95. The van der Waals surface area contributed by atoms with E-state index >= 15 is 0 Å². The van der Waals surface area contributed by atoms with E-state index in [2.05, 4.69) is 10.6 Å². The molecule has 0 aromatic heterocycles. The molecule has 2 amide bonds. The molecular weight excluding hydrogens is 375 g/mol. The van der Waals surface area contributed by atoms with E-state index in [1.807, 2.05) is 4.90 Å². The van der Waals surface area contributed by atoms with Gasteiger partial charge in [-0.3, -0.25) is 14.5 Å². The van der Waals surface area contributed by atoms with Gasteiger partial charge in [-0.2, -0.15) is 0 Å². The molecule has 0 bridgehead atoms. The zero-order chi connectivity index (χ0) is 20.6. The van der Waals surface area contributed by atoms with Gasteiger partial charge in [0.05, 0.1) is 6.54 Å². The van der Waals surface area contributed by atoms with Gasteiger partial charge in [0.2, 0.25) is 11.8 Å². The van der Waals surface area contributed by atoms with Crippen molar-refractivity contribution in [1.29, 1.82) is 0 Å². The standard InChI is InChI=1S/C21H25FN4O3/c22-16-3-7-18(8-4-16)29-17-5-1-15(2-6-17)13-19(21(23)28)25-20(27)14-26-11-9-24-10-12-26/h1-8,19,24H,9-14H2,(H2,23,28)(H,25,27). The van der Waals surface area contributed by atoms with Gasteiger partial charge >= 0.3 is 0 Å². The van der Waals surface area contributed by atoms with E-state index in [1.54, 1.807) is 36.4 Å². The van der Waals surface area contributed by atoms with Crippen molar-refractivity contribution in [1.82, 2.24) is 15.5 Å². The lowest BCUT2D eigenvalue weighted by Crippen LogP contribution is -2.51. The molecule has 0 saturated carbocycles. The first-order chi connectivity index (χ1) is 14.0. The van der Waals surface area contributed by atoms with Gasteiger partial charge in [0.1, 0.15) is 23.4 Å². The van der Waals surface area contributed by atoms with Gasteiger partial charge in [0.15, 0.2) is 0 Å². The predicted molar refractivity (Wildman–Crippen MR) is 107 cm³/mol. The first-order valence-electron chi connectivity index (χ1n) is 9.54. The van der Waals surface area contributed by atoms with Gasteiger partial charge in [-0.05, 0) is 42.0 Å².